The molecule has 0 heterocycles. The van der Waals surface area contributed by atoms with E-state index in [1.807, 2.05) is 24.3 Å². The molecule has 0 unspecified atom stereocenters. The Bertz CT molecular complexity index is 561. The Kier molecular flexibility index (Phi) is 4.08. The molecule has 1 N–H and O–H groups in total. The first-order valence-corrected chi connectivity index (χ1v) is 6.04. The molecule has 0 aliphatic carbocycles. The monoisotopic (exact) mass is 254 g/mol. The summed E-state index contributed by atoms with van der Waals surface area (Å²) in [5, 5.41) is 8.99. The molecule has 0 aliphatic rings. The summed E-state index contributed by atoms with van der Waals surface area (Å²) in [5.41, 5.74) is 1.27. The molecule has 96 valence electrons. The first-order valence-electron chi connectivity index (χ1n) is 6.04. The van der Waals surface area contributed by atoms with Gasteiger partial charge in [0.25, 0.3) is 0 Å². The van der Waals surface area contributed by atoms with E-state index in [0.717, 1.165) is 5.56 Å². The zero-order valence-electron chi connectivity index (χ0n) is 10.3. The molecular formula is C16H14O3. The normalized spacial score (nSPS) is 11.8. The van der Waals surface area contributed by atoms with Gasteiger partial charge in [0.2, 0.25) is 0 Å². The number of carboxylic acid groups (broad SMARTS) is 1. The number of carboxylic acids is 1. The average molecular weight is 254 g/mol. The summed E-state index contributed by atoms with van der Waals surface area (Å²) >= 11 is 0. The summed E-state index contributed by atoms with van der Waals surface area (Å²) in [6.07, 6.45) is -0.197. The van der Waals surface area contributed by atoms with Crippen molar-refractivity contribution < 1.29 is 14.7 Å². The van der Waals surface area contributed by atoms with Crippen LogP contribution in [0.3, 0.4) is 0 Å². The van der Waals surface area contributed by atoms with Crippen molar-refractivity contribution in [2.24, 2.45) is 0 Å². The van der Waals surface area contributed by atoms with Gasteiger partial charge in [-0.2, -0.15) is 0 Å². The number of carbonyl (C=O) groups is 2. The Labute approximate surface area is 111 Å². The van der Waals surface area contributed by atoms with Gasteiger partial charge in [-0.25, -0.2) is 0 Å². The molecule has 0 bridgehead atoms. The fourth-order valence-corrected chi connectivity index (χ4v) is 2.03. The molecule has 2 rings (SSSR count). The topological polar surface area (TPSA) is 54.4 Å². The van der Waals surface area contributed by atoms with Crippen LogP contribution in [-0.4, -0.2) is 16.9 Å². The van der Waals surface area contributed by atoms with Gasteiger partial charge in [-0.05, 0) is 5.56 Å². The van der Waals surface area contributed by atoms with Crippen LogP contribution in [0.5, 0.6) is 0 Å². The van der Waals surface area contributed by atoms with Gasteiger partial charge < -0.3 is 5.11 Å². The zero-order chi connectivity index (χ0) is 13.7. The van der Waals surface area contributed by atoms with Crippen molar-refractivity contribution in [3.05, 3.63) is 71.8 Å². The lowest BCUT2D eigenvalue weighted by molar-refractivity contribution is -0.137. The lowest BCUT2D eigenvalue weighted by atomic mass is 9.88. The first-order chi connectivity index (χ1) is 9.18. The summed E-state index contributed by atoms with van der Waals surface area (Å²) in [4.78, 5) is 23.4. The second-order valence-electron chi connectivity index (χ2n) is 4.29. The van der Waals surface area contributed by atoms with Crippen LogP contribution in [0.1, 0.15) is 28.3 Å². The van der Waals surface area contributed by atoms with Gasteiger partial charge in [0.15, 0.2) is 5.78 Å². The van der Waals surface area contributed by atoms with E-state index >= 15 is 0 Å². The maximum Gasteiger partial charge on any atom is 0.304 e. The van der Waals surface area contributed by atoms with Gasteiger partial charge >= 0.3 is 5.97 Å². The molecule has 19 heavy (non-hydrogen) atoms. The number of hydrogen-bond acceptors (Lipinski definition) is 2. The molecule has 0 aliphatic heterocycles. The molecule has 2 aromatic carbocycles. The predicted octanol–water partition coefficient (Wildman–Crippen LogP) is 3.13. The fraction of sp³-hybridized carbons (Fsp3) is 0.125. The standard InChI is InChI=1S/C16H14O3/c17-15(18)11-14(12-7-3-1-4-8-12)16(19)13-9-5-2-6-10-13/h1-10,14H,11H2,(H,17,18)/t14-/m0/s1. The summed E-state index contributed by atoms with van der Waals surface area (Å²) in [7, 11) is 0. The smallest absolute Gasteiger partial charge is 0.304 e. The highest BCUT2D eigenvalue weighted by Crippen LogP contribution is 2.24. The average Bonchev–Trinajstić information content (AvgIpc) is 2.46. The molecule has 0 saturated heterocycles. The summed E-state index contributed by atoms with van der Waals surface area (Å²) < 4.78 is 0. The number of Topliss-reactive ketones (excluding diaryl/α,β-unsaturated/α-hetero) is 1. The Balaban J connectivity index is 2.33. The van der Waals surface area contributed by atoms with Crippen LogP contribution in [0.4, 0.5) is 0 Å². The second kappa shape index (κ2) is 5.96. The quantitative estimate of drug-likeness (QED) is 0.834. The lowest BCUT2D eigenvalue weighted by Crippen LogP contribution is -2.16. The molecule has 2 aromatic rings. The molecule has 0 radical (unpaired) electrons. The van der Waals surface area contributed by atoms with Crippen molar-refractivity contribution in [2.45, 2.75) is 12.3 Å². The van der Waals surface area contributed by atoms with Crippen molar-refractivity contribution in [1.29, 1.82) is 0 Å². The highest BCUT2D eigenvalue weighted by molar-refractivity contribution is 6.02. The summed E-state index contributed by atoms with van der Waals surface area (Å²) in [6, 6.07) is 17.8. The van der Waals surface area contributed by atoms with Crippen molar-refractivity contribution in [1.82, 2.24) is 0 Å². The molecule has 1 atom stereocenters. The van der Waals surface area contributed by atoms with Gasteiger partial charge in [-0.1, -0.05) is 60.7 Å². The van der Waals surface area contributed by atoms with Crippen molar-refractivity contribution in [2.75, 3.05) is 0 Å². The highest BCUT2D eigenvalue weighted by Gasteiger charge is 2.24. The molecule has 0 saturated carbocycles. The van der Waals surface area contributed by atoms with Crippen molar-refractivity contribution in [3.63, 3.8) is 0 Å². The van der Waals surface area contributed by atoms with E-state index in [4.69, 9.17) is 5.11 Å². The van der Waals surface area contributed by atoms with Gasteiger partial charge in [0.05, 0.1) is 12.3 Å². The number of benzene rings is 2. The number of rotatable bonds is 5. The molecular weight excluding hydrogens is 240 g/mol. The van der Waals surface area contributed by atoms with Crippen molar-refractivity contribution in [3.8, 4) is 0 Å². The molecule has 0 fully saturated rings. The number of hydrogen-bond donors (Lipinski definition) is 1. The Morgan fingerprint density at radius 3 is 1.95 bits per heavy atom. The van der Waals surface area contributed by atoms with Crippen LogP contribution in [0.25, 0.3) is 0 Å². The third-order valence-corrected chi connectivity index (χ3v) is 2.96. The fourth-order valence-electron chi connectivity index (χ4n) is 2.03. The number of carbonyl (C=O) groups excluding carboxylic acids is 1. The first kappa shape index (κ1) is 13.0. The van der Waals surface area contributed by atoms with E-state index in [1.54, 1.807) is 36.4 Å². The van der Waals surface area contributed by atoms with Crippen LogP contribution < -0.4 is 0 Å². The van der Waals surface area contributed by atoms with E-state index in [-0.39, 0.29) is 12.2 Å². The minimum atomic E-state index is -0.974. The van der Waals surface area contributed by atoms with E-state index < -0.39 is 11.9 Å². The van der Waals surface area contributed by atoms with E-state index in [0.29, 0.717) is 5.56 Å². The van der Waals surface area contributed by atoms with Crippen LogP contribution in [0, 0.1) is 0 Å². The highest BCUT2D eigenvalue weighted by atomic mass is 16.4. The second-order valence-corrected chi connectivity index (χ2v) is 4.29. The molecule has 0 aromatic heterocycles. The van der Waals surface area contributed by atoms with E-state index in [1.165, 1.54) is 0 Å². The molecule has 0 amide bonds. The van der Waals surface area contributed by atoms with Crippen LogP contribution in [0.2, 0.25) is 0 Å². The van der Waals surface area contributed by atoms with Crippen molar-refractivity contribution >= 4 is 11.8 Å². The Morgan fingerprint density at radius 1 is 0.895 bits per heavy atom. The Morgan fingerprint density at radius 2 is 1.42 bits per heavy atom. The number of aliphatic carboxylic acids is 1. The Hall–Kier alpha value is -2.42. The molecule has 0 spiro atoms. The van der Waals surface area contributed by atoms with E-state index in [2.05, 4.69) is 0 Å². The van der Waals surface area contributed by atoms with Crippen LogP contribution >= 0.6 is 0 Å². The minimum absolute atomic E-state index is 0.158. The SMILES string of the molecule is O=C(O)C[C@H](C(=O)c1ccccc1)c1ccccc1. The van der Waals surface area contributed by atoms with Gasteiger partial charge in [-0.3, -0.25) is 9.59 Å². The third kappa shape index (κ3) is 3.28. The van der Waals surface area contributed by atoms with Crippen LogP contribution in [-0.2, 0) is 4.79 Å². The molecule has 3 heteroatoms. The summed E-state index contributed by atoms with van der Waals surface area (Å²) in [6.45, 7) is 0. The zero-order valence-corrected chi connectivity index (χ0v) is 10.3. The molecule has 3 nitrogen and oxygen atoms in total. The van der Waals surface area contributed by atoms with Crippen LogP contribution in [0.15, 0.2) is 60.7 Å². The maximum atomic E-state index is 12.4. The minimum Gasteiger partial charge on any atom is -0.481 e. The maximum absolute atomic E-state index is 12.4. The van der Waals surface area contributed by atoms with Gasteiger partial charge in [0.1, 0.15) is 0 Å². The predicted molar refractivity (Wildman–Crippen MR) is 72.2 cm³/mol. The van der Waals surface area contributed by atoms with Gasteiger partial charge in [-0.15, -0.1) is 0 Å². The lowest BCUT2D eigenvalue weighted by Gasteiger charge is -2.14. The number of ketones is 1. The van der Waals surface area contributed by atoms with Gasteiger partial charge in [0, 0.05) is 5.56 Å². The largest absolute Gasteiger partial charge is 0.481 e. The third-order valence-electron chi connectivity index (χ3n) is 2.96. The van der Waals surface area contributed by atoms with E-state index in [9.17, 15) is 9.59 Å². The summed E-state index contributed by atoms with van der Waals surface area (Å²) in [5.74, 6) is -1.77.